The van der Waals surface area contributed by atoms with Crippen molar-refractivity contribution in [1.82, 2.24) is 4.98 Å². The molecule has 0 atom stereocenters. The van der Waals surface area contributed by atoms with E-state index in [0.29, 0.717) is 5.75 Å². The van der Waals surface area contributed by atoms with Gasteiger partial charge < -0.3 is 9.84 Å². The summed E-state index contributed by atoms with van der Waals surface area (Å²) in [4.78, 5) is 15.1. The number of carbonyl (C=O) groups is 1. The Morgan fingerprint density at radius 2 is 2.32 bits per heavy atom. The Bertz CT molecular complexity index is 565. The summed E-state index contributed by atoms with van der Waals surface area (Å²) in [6, 6.07) is 5.78. The number of benzene rings is 1. The van der Waals surface area contributed by atoms with Gasteiger partial charge in [0.05, 0.1) is 22.7 Å². The van der Waals surface area contributed by atoms with Crippen LogP contribution in [-0.2, 0) is 11.2 Å². The van der Waals surface area contributed by atoms with E-state index in [1.165, 1.54) is 0 Å². The van der Waals surface area contributed by atoms with Crippen LogP contribution in [0.3, 0.4) is 0 Å². The quantitative estimate of drug-likeness (QED) is 0.842. The topological polar surface area (TPSA) is 59.4 Å². The lowest BCUT2D eigenvalue weighted by Gasteiger charge is -2.04. The molecule has 2 rings (SSSR count). The van der Waals surface area contributed by atoms with Crippen LogP contribution in [0.1, 0.15) is 31.2 Å². The van der Waals surface area contributed by atoms with Crippen LogP contribution in [0.15, 0.2) is 18.2 Å². The van der Waals surface area contributed by atoms with E-state index in [-0.39, 0.29) is 13.0 Å². The lowest BCUT2D eigenvalue weighted by Crippen LogP contribution is -2.04. The van der Waals surface area contributed by atoms with Gasteiger partial charge in [-0.3, -0.25) is 4.79 Å². The minimum Gasteiger partial charge on any atom is -0.491 e. The number of hydrogen-bond acceptors (Lipinski definition) is 4. The van der Waals surface area contributed by atoms with Crippen LogP contribution in [-0.4, -0.2) is 22.7 Å². The first kappa shape index (κ1) is 13.8. The Hall–Kier alpha value is -1.62. The average molecular weight is 279 g/mol. The molecular weight excluding hydrogens is 262 g/mol. The molecule has 102 valence electrons. The number of hydrogen-bond donors (Lipinski definition) is 1. The van der Waals surface area contributed by atoms with E-state index < -0.39 is 5.97 Å². The normalized spacial score (nSPS) is 10.8. The third-order valence-electron chi connectivity index (χ3n) is 2.74. The summed E-state index contributed by atoms with van der Waals surface area (Å²) in [7, 11) is 0. The Kier molecular flexibility index (Phi) is 4.74. The molecule has 0 amide bonds. The number of para-hydroxylation sites is 1. The second-order valence-corrected chi connectivity index (χ2v) is 5.42. The number of carboxylic acid groups (broad SMARTS) is 1. The standard InChI is InChI=1S/C14H17NO3S/c1-2-3-7-12-15-14-10(18-9-8-13(16)17)5-4-6-11(14)19-12/h4-6H,2-3,7-9H2,1H3,(H,16,17). The monoisotopic (exact) mass is 279 g/mol. The fourth-order valence-electron chi connectivity index (χ4n) is 1.77. The average Bonchev–Trinajstić information content (AvgIpc) is 2.79. The molecule has 5 heteroatoms. The van der Waals surface area contributed by atoms with Gasteiger partial charge in [0, 0.05) is 0 Å². The van der Waals surface area contributed by atoms with Crippen LogP contribution in [0.2, 0.25) is 0 Å². The first-order valence-corrected chi connectivity index (χ1v) is 7.25. The molecular formula is C14H17NO3S. The Balaban J connectivity index is 2.14. The van der Waals surface area contributed by atoms with Crippen molar-refractivity contribution in [3.05, 3.63) is 23.2 Å². The molecule has 0 saturated carbocycles. The van der Waals surface area contributed by atoms with Gasteiger partial charge in [-0.25, -0.2) is 4.98 Å². The van der Waals surface area contributed by atoms with E-state index in [9.17, 15) is 4.79 Å². The molecule has 1 aromatic carbocycles. The zero-order chi connectivity index (χ0) is 13.7. The number of aryl methyl sites for hydroxylation is 1. The van der Waals surface area contributed by atoms with Crippen molar-refractivity contribution in [3.8, 4) is 5.75 Å². The lowest BCUT2D eigenvalue weighted by molar-refractivity contribution is -0.137. The number of thiazole rings is 1. The molecule has 0 aliphatic rings. The highest BCUT2D eigenvalue weighted by Gasteiger charge is 2.09. The molecule has 19 heavy (non-hydrogen) atoms. The van der Waals surface area contributed by atoms with Crippen molar-refractivity contribution in [3.63, 3.8) is 0 Å². The van der Waals surface area contributed by atoms with Gasteiger partial charge in [0.2, 0.25) is 0 Å². The second-order valence-electron chi connectivity index (χ2n) is 4.31. The third kappa shape index (κ3) is 3.67. The highest BCUT2D eigenvalue weighted by atomic mass is 32.1. The Labute approximate surface area is 116 Å². The number of aromatic nitrogens is 1. The largest absolute Gasteiger partial charge is 0.491 e. The molecule has 0 aliphatic carbocycles. The van der Waals surface area contributed by atoms with Gasteiger partial charge in [-0.15, -0.1) is 11.3 Å². The van der Waals surface area contributed by atoms with Crippen molar-refractivity contribution in [2.45, 2.75) is 32.6 Å². The predicted octanol–water partition coefficient (Wildman–Crippen LogP) is 3.49. The molecule has 0 saturated heterocycles. The van der Waals surface area contributed by atoms with Gasteiger partial charge in [-0.1, -0.05) is 19.4 Å². The van der Waals surface area contributed by atoms with Gasteiger partial charge in [-0.05, 0) is 25.0 Å². The summed E-state index contributed by atoms with van der Waals surface area (Å²) >= 11 is 1.68. The fourth-order valence-corrected chi connectivity index (χ4v) is 2.80. The smallest absolute Gasteiger partial charge is 0.306 e. The SMILES string of the molecule is CCCCc1nc2c(OCCC(=O)O)cccc2s1. The number of fused-ring (bicyclic) bond motifs is 1. The van der Waals surface area contributed by atoms with Crippen LogP contribution in [0.4, 0.5) is 0 Å². The number of rotatable bonds is 7. The summed E-state index contributed by atoms with van der Waals surface area (Å²) in [5.41, 5.74) is 0.851. The van der Waals surface area contributed by atoms with Crippen LogP contribution >= 0.6 is 11.3 Å². The third-order valence-corrected chi connectivity index (χ3v) is 3.82. The van der Waals surface area contributed by atoms with Crippen LogP contribution in [0.5, 0.6) is 5.75 Å². The molecule has 0 bridgehead atoms. The first-order valence-electron chi connectivity index (χ1n) is 6.43. The van der Waals surface area contributed by atoms with E-state index in [0.717, 1.165) is 34.5 Å². The Morgan fingerprint density at radius 3 is 3.05 bits per heavy atom. The van der Waals surface area contributed by atoms with E-state index in [1.54, 1.807) is 11.3 Å². The summed E-state index contributed by atoms with van der Waals surface area (Å²) in [5.74, 6) is -0.174. The molecule has 0 aliphatic heterocycles. The molecule has 0 fully saturated rings. The van der Waals surface area contributed by atoms with Crippen molar-refractivity contribution in [1.29, 1.82) is 0 Å². The molecule has 1 aromatic heterocycles. The maximum atomic E-state index is 10.5. The zero-order valence-electron chi connectivity index (χ0n) is 10.9. The maximum Gasteiger partial charge on any atom is 0.306 e. The summed E-state index contributed by atoms with van der Waals surface area (Å²) in [6.07, 6.45) is 3.28. The van der Waals surface area contributed by atoms with Crippen molar-refractivity contribution in [2.24, 2.45) is 0 Å². The van der Waals surface area contributed by atoms with Gasteiger partial charge in [0.25, 0.3) is 0 Å². The van der Waals surface area contributed by atoms with Crippen molar-refractivity contribution < 1.29 is 14.6 Å². The highest BCUT2D eigenvalue weighted by Crippen LogP contribution is 2.30. The number of nitrogens with zero attached hydrogens (tertiary/aromatic N) is 1. The molecule has 0 radical (unpaired) electrons. The molecule has 1 N–H and O–H groups in total. The van der Waals surface area contributed by atoms with Crippen LogP contribution in [0.25, 0.3) is 10.2 Å². The summed E-state index contributed by atoms with van der Waals surface area (Å²) in [5, 5.41) is 9.73. The van der Waals surface area contributed by atoms with Gasteiger partial charge in [-0.2, -0.15) is 0 Å². The Morgan fingerprint density at radius 1 is 1.47 bits per heavy atom. The predicted molar refractivity (Wildman–Crippen MR) is 76.0 cm³/mol. The number of aliphatic carboxylic acids is 1. The second kappa shape index (κ2) is 6.52. The first-order chi connectivity index (χ1) is 9.20. The summed E-state index contributed by atoms with van der Waals surface area (Å²) < 4.78 is 6.61. The maximum absolute atomic E-state index is 10.5. The van der Waals surface area contributed by atoms with Gasteiger partial charge in [0.15, 0.2) is 0 Å². The minimum atomic E-state index is -0.853. The molecule has 0 spiro atoms. The van der Waals surface area contributed by atoms with E-state index in [1.807, 2.05) is 18.2 Å². The number of unbranched alkanes of at least 4 members (excludes halogenated alkanes) is 1. The fraction of sp³-hybridized carbons (Fsp3) is 0.429. The van der Waals surface area contributed by atoms with E-state index in [4.69, 9.17) is 9.84 Å². The zero-order valence-corrected chi connectivity index (χ0v) is 11.7. The van der Waals surface area contributed by atoms with Crippen molar-refractivity contribution >= 4 is 27.5 Å². The molecule has 2 aromatic rings. The minimum absolute atomic E-state index is 0.00319. The van der Waals surface area contributed by atoms with E-state index in [2.05, 4.69) is 11.9 Å². The molecule has 4 nitrogen and oxygen atoms in total. The number of carboxylic acids is 1. The van der Waals surface area contributed by atoms with Gasteiger partial charge in [0.1, 0.15) is 11.3 Å². The molecule has 0 unspecified atom stereocenters. The molecule has 1 heterocycles. The highest BCUT2D eigenvalue weighted by molar-refractivity contribution is 7.18. The number of ether oxygens (including phenoxy) is 1. The van der Waals surface area contributed by atoms with Crippen LogP contribution < -0.4 is 4.74 Å². The lowest BCUT2D eigenvalue weighted by atomic mass is 10.2. The summed E-state index contributed by atoms with van der Waals surface area (Å²) in [6.45, 7) is 2.34. The van der Waals surface area contributed by atoms with Crippen molar-refractivity contribution in [2.75, 3.05) is 6.61 Å². The van der Waals surface area contributed by atoms with Gasteiger partial charge >= 0.3 is 5.97 Å². The van der Waals surface area contributed by atoms with E-state index >= 15 is 0 Å². The van der Waals surface area contributed by atoms with Crippen LogP contribution in [0, 0.1) is 0 Å².